The maximum Gasteiger partial charge on any atom is 0.123 e. The molecule has 3 nitrogen and oxygen atoms in total. The summed E-state index contributed by atoms with van der Waals surface area (Å²) in [7, 11) is 1.73. The SMILES string of the molecule is COc1ccccc1[C@H](C)NC1CCCC1CN. The normalized spacial score (nSPS) is 25.1. The van der Waals surface area contributed by atoms with Crippen LogP contribution in [0.25, 0.3) is 0 Å². The summed E-state index contributed by atoms with van der Waals surface area (Å²) >= 11 is 0. The number of ether oxygens (including phenoxy) is 1. The van der Waals surface area contributed by atoms with E-state index in [1.165, 1.54) is 24.8 Å². The van der Waals surface area contributed by atoms with Gasteiger partial charge in [0, 0.05) is 17.6 Å². The number of rotatable bonds is 5. The first-order valence-corrected chi connectivity index (χ1v) is 6.85. The minimum Gasteiger partial charge on any atom is -0.496 e. The van der Waals surface area contributed by atoms with Gasteiger partial charge in [-0.25, -0.2) is 0 Å². The Kier molecular flexibility index (Phi) is 4.61. The van der Waals surface area contributed by atoms with Crippen LogP contribution in [0, 0.1) is 5.92 Å². The van der Waals surface area contributed by atoms with Crippen LogP contribution in [0.4, 0.5) is 0 Å². The lowest BCUT2D eigenvalue weighted by molar-refractivity contribution is 0.360. The molecule has 2 rings (SSSR count). The van der Waals surface area contributed by atoms with Crippen LogP contribution in [-0.2, 0) is 0 Å². The molecule has 3 atom stereocenters. The molecule has 0 saturated heterocycles. The Morgan fingerprint density at radius 2 is 2.17 bits per heavy atom. The maximum atomic E-state index is 5.83. The summed E-state index contributed by atoms with van der Waals surface area (Å²) < 4.78 is 5.42. The fourth-order valence-electron chi connectivity index (χ4n) is 2.97. The molecule has 18 heavy (non-hydrogen) atoms. The van der Waals surface area contributed by atoms with E-state index in [1.54, 1.807) is 7.11 Å². The van der Waals surface area contributed by atoms with E-state index in [9.17, 15) is 0 Å². The summed E-state index contributed by atoms with van der Waals surface area (Å²) in [6.07, 6.45) is 3.78. The minimum atomic E-state index is 0.304. The number of methoxy groups -OCH3 is 1. The van der Waals surface area contributed by atoms with Crippen LogP contribution < -0.4 is 15.8 Å². The van der Waals surface area contributed by atoms with E-state index < -0.39 is 0 Å². The van der Waals surface area contributed by atoms with Gasteiger partial charge in [0.1, 0.15) is 5.75 Å². The van der Waals surface area contributed by atoms with Gasteiger partial charge in [0.2, 0.25) is 0 Å². The third-order valence-corrected chi connectivity index (χ3v) is 4.03. The van der Waals surface area contributed by atoms with Crippen molar-refractivity contribution in [3.05, 3.63) is 29.8 Å². The van der Waals surface area contributed by atoms with E-state index in [4.69, 9.17) is 10.5 Å². The van der Waals surface area contributed by atoms with Gasteiger partial charge in [0.15, 0.2) is 0 Å². The Morgan fingerprint density at radius 1 is 1.39 bits per heavy atom. The van der Waals surface area contributed by atoms with Gasteiger partial charge < -0.3 is 15.8 Å². The molecule has 0 radical (unpaired) electrons. The second-order valence-corrected chi connectivity index (χ2v) is 5.16. The average molecular weight is 248 g/mol. The average Bonchev–Trinajstić information content (AvgIpc) is 2.85. The molecule has 3 heteroatoms. The van der Waals surface area contributed by atoms with E-state index in [2.05, 4.69) is 24.4 Å². The van der Waals surface area contributed by atoms with Crippen molar-refractivity contribution in [1.29, 1.82) is 0 Å². The quantitative estimate of drug-likeness (QED) is 0.841. The van der Waals surface area contributed by atoms with Gasteiger partial charge in [-0.2, -0.15) is 0 Å². The van der Waals surface area contributed by atoms with Crippen molar-refractivity contribution in [1.82, 2.24) is 5.32 Å². The third-order valence-electron chi connectivity index (χ3n) is 4.03. The van der Waals surface area contributed by atoms with Crippen LogP contribution in [0.1, 0.15) is 37.8 Å². The predicted molar refractivity (Wildman–Crippen MR) is 74.7 cm³/mol. The zero-order valence-electron chi connectivity index (χ0n) is 11.4. The predicted octanol–water partition coefficient (Wildman–Crippen LogP) is 2.47. The number of hydrogen-bond acceptors (Lipinski definition) is 3. The van der Waals surface area contributed by atoms with E-state index >= 15 is 0 Å². The lowest BCUT2D eigenvalue weighted by atomic mass is 10.0. The van der Waals surface area contributed by atoms with Crippen molar-refractivity contribution in [3.8, 4) is 5.75 Å². The zero-order chi connectivity index (χ0) is 13.0. The molecule has 1 fully saturated rings. The monoisotopic (exact) mass is 248 g/mol. The highest BCUT2D eigenvalue weighted by molar-refractivity contribution is 5.35. The third kappa shape index (κ3) is 2.85. The number of nitrogens with one attached hydrogen (secondary N) is 1. The Bertz CT molecular complexity index is 381. The Hall–Kier alpha value is -1.06. The van der Waals surface area contributed by atoms with E-state index in [-0.39, 0.29) is 0 Å². The van der Waals surface area contributed by atoms with Crippen molar-refractivity contribution in [2.75, 3.05) is 13.7 Å². The standard InChI is InChI=1S/C15H24N2O/c1-11(13-7-3-4-9-15(13)18-2)17-14-8-5-6-12(14)10-16/h3-4,7,9,11-12,14,17H,5-6,8,10,16H2,1-2H3/t11-,12?,14?/m0/s1. The van der Waals surface area contributed by atoms with Crippen molar-refractivity contribution in [2.24, 2.45) is 11.7 Å². The van der Waals surface area contributed by atoms with E-state index in [1.807, 2.05) is 12.1 Å². The number of benzene rings is 1. The Balaban J connectivity index is 2.05. The van der Waals surface area contributed by atoms with Gasteiger partial charge in [-0.05, 0) is 38.3 Å². The summed E-state index contributed by atoms with van der Waals surface area (Å²) in [6.45, 7) is 2.99. The number of nitrogens with two attached hydrogens (primary N) is 1. The van der Waals surface area contributed by atoms with Gasteiger partial charge in [-0.3, -0.25) is 0 Å². The Labute approximate surface area is 110 Å². The summed E-state index contributed by atoms with van der Waals surface area (Å²) in [5.74, 6) is 1.59. The molecular weight excluding hydrogens is 224 g/mol. The van der Waals surface area contributed by atoms with E-state index in [0.29, 0.717) is 18.0 Å². The molecule has 0 aliphatic heterocycles. The highest BCUT2D eigenvalue weighted by Gasteiger charge is 2.27. The molecule has 0 spiro atoms. The van der Waals surface area contributed by atoms with Crippen molar-refractivity contribution in [3.63, 3.8) is 0 Å². The maximum absolute atomic E-state index is 5.83. The van der Waals surface area contributed by atoms with Crippen LogP contribution in [0.3, 0.4) is 0 Å². The number of hydrogen-bond donors (Lipinski definition) is 2. The first-order chi connectivity index (χ1) is 8.76. The first-order valence-electron chi connectivity index (χ1n) is 6.85. The van der Waals surface area contributed by atoms with Gasteiger partial charge in [-0.15, -0.1) is 0 Å². The molecule has 2 unspecified atom stereocenters. The molecule has 1 aromatic carbocycles. The van der Waals surface area contributed by atoms with Crippen LogP contribution >= 0.6 is 0 Å². The molecule has 0 amide bonds. The number of para-hydroxylation sites is 1. The largest absolute Gasteiger partial charge is 0.496 e. The molecule has 0 bridgehead atoms. The van der Waals surface area contributed by atoms with Crippen LogP contribution in [0.5, 0.6) is 5.75 Å². The summed E-state index contributed by atoms with van der Waals surface area (Å²) in [4.78, 5) is 0. The molecule has 1 aliphatic carbocycles. The summed E-state index contributed by atoms with van der Waals surface area (Å²) in [5, 5.41) is 3.71. The summed E-state index contributed by atoms with van der Waals surface area (Å²) in [5.41, 5.74) is 7.05. The molecule has 1 aliphatic rings. The van der Waals surface area contributed by atoms with Crippen LogP contribution in [0.2, 0.25) is 0 Å². The molecule has 100 valence electrons. The van der Waals surface area contributed by atoms with Crippen molar-refractivity contribution < 1.29 is 4.74 Å². The molecule has 1 aromatic rings. The van der Waals surface area contributed by atoms with Crippen molar-refractivity contribution >= 4 is 0 Å². The lowest BCUT2D eigenvalue weighted by Gasteiger charge is -2.25. The van der Waals surface area contributed by atoms with E-state index in [0.717, 1.165) is 12.3 Å². The van der Waals surface area contributed by atoms with Crippen LogP contribution in [0.15, 0.2) is 24.3 Å². The topological polar surface area (TPSA) is 47.3 Å². The highest BCUT2D eigenvalue weighted by Crippen LogP contribution is 2.29. The fraction of sp³-hybridized carbons (Fsp3) is 0.600. The van der Waals surface area contributed by atoms with Crippen LogP contribution in [-0.4, -0.2) is 19.7 Å². The van der Waals surface area contributed by atoms with Gasteiger partial charge >= 0.3 is 0 Å². The lowest BCUT2D eigenvalue weighted by Crippen LogP contribution is -2.37. The highest BCUT2D eigenvalue weighted by atomic mass is 16.5. The molecule has 1 saturated carbocycles. The smallest absolute Gasteiger partial charge is 0.123 e. The fourth-order valence-corrected chi connectivity index (χ4v) is 2.97. The van der Waals surface area contributed by atoms with Gasteiger partial charge in [0.05, 0.1) is 7.11 Å². The molecule has 0 heterocycles. The van der Waals surface area contributed by atoms with Gasteiger partial charge in [0.25, 0.3) is 0 Å². The minimum absolute atomic E-state index is 0.304. The summed E-state index contributed by atoms with van der Waals surface area (Å²) in [6, 6.07) is 9.07. The second kappa shape index (κ2) is 6.21. The molecular formula is C15H24N2O. The Morgan fingerprint density at radius 3 is 2.89 bits per heavy atom. The van der Waals surface area contributed by atoms with Crippen molar-refractivity contribution in [2.45, 2.75) is 38.3 Å². The zero-order valence-corrected chi connectivity index (χ0v) is 11.4. The second-order valence-electron chi connectivity index (χ2n) is 5.16. The van der Waals surface area contributed by atoms with Gasteiger partial charge in [-0.1, -0.05) is 24.6 Å². The molecule has 3 N–H and O–H groups in total. The molecule has 0 aromatic heterocycles. The first kappa shape index (κ1) is 13.4.